The molecule has 0 nitrogen and oxygen atoms in total. The van der Waals surface area contributed by atoms with E-state index in [1.165, 1.54) is 25.7 Å². The molecule has 13 heavy (non-hydrogen) atoms. The summed E-state index contributed by atoms with van der Waals surface area (Å²) in [5.74, 6) is 5.06. The zero-order valence-corrected chi connectivity index (χ0v) is 11.7. The average molecular weight is 252 g/mol. The summed E-state index contributed by atoms with van der Waals surface area (Å²) in [6, 6.07) is 0. The summed E-state index contributed by atoms with van der Waals surface area (Å²) >= 11 is 0. The Morgan fingerprint density at radius 1 is 1.15 bits per heavy atom. The van der Waals surface area contributed by atoms with Gasteiger partial charge < -0.3 is 5.92 Å². The van der Waals surface area contributed by atoms with Crippen molar-refractivity contribution in [2.75, 3.05) is 0 Å². The van der Waals surface area contributed by atoms with E-state index >= 15 is 0 Å². The molecule has 0 amide bonds. The zero-order chi connectivity index (χ0) is 8.34. The van der Waals surface area contributed by atoms with Crippen molar-refractivity contribution in [3.8, 4) is 0 Å². The van der Waals surface area contributed by atoms with Crippen molar-refractivity contribution < 1.29 is 32.7 Å². The molecule has 1 heteroatoms. The fraction of sp³-hybridized carbons (Fsp3) is 0.917. The molecule has 0 aromatic rings. The van der Waals surface area contributed by atoms with Crippen LogP contribution in [0.25, 0.3) is 0 Å². The normalized spacial score (nSPS) is 53.5. The van der Waals surface area contributed by atoms with Gasteiger partial charge in [0.2, 0.25) is 0 Å². The van der Waals surface area contributed by atoms with Crippen LogP contribution in [0.15, 0.2) is 0 Å². The Morgan fingerprint density at radius 3 is 2.15 bits per heavy atom. The van der Waals surface area contributed by atoms with Gasteiger partial charge in [-0.15, -0.1) is 0 Å². The van der Waals surface area contributed by atoms with Crippen molar-refractivity contribution in [1.82, 2.24) is 0 Å². The molecule has 4 saturated carbocycles. The van der Waals surface area contributed by atoms with E-state index in [4.69, 9.17) is 0 Å². The van der Waals surface area contributed by atoms with Crippen LogP contribution < -0.4 is 0 Å². The minimum atomic E-state index is 0. The van der Waals surface area contributed by atoms with Gasteiger partial charge in [-0.25, -0.2) is 0 Å². The van der Waals surface area contributed by atoms with Crippen LogP contribution in [0.2, 0.25) is 0 Å². The van der Waals surface area contributed by atoms with Crippen molar-refractivity contribution in [3.63, 3.8) is 0 Å². The Bertz CT molecular complexity index is 197. The van der Waals surface area contributed by atoms with E-state index in [2.05, 4.69) is 13.8 Å². The van der Waals surface area contributed by atoms with E-state index < -0.39 is 0 Å². The quantitative estimate of drug-likeness (QED) is 0.579. The van der Waals surface area contributed by atoms with E-state index in [1.54, 1.807) is 6.42 Å². The fourth-order valence-electron chi connectivity index (χ4n) is 4.38. The van der Waals surface area contributed by atoms with E-state index in [1.807, 2.05) is 5.92 Å². The second-order valence-corrected chi connectivity index (χ2v) is 5.82. The first kappa shape index (κ1) is 10.6. The maximum Gasteiger partial charge on any atom is 0 e. The van der Waals surface area contributed by atoms with Crippen molar-refractivity contribution >= 4 is 0 Å². The summed E-state index contributed by atoms with van der Waals surface area (Å²) in [7, 11) is 0. The standard InChI is InChI=1S/C12H19.Y/c1-8-11-4-9-3-10(5-11)7-12(8,2)6-9;/h8-10H,3-7H2,1-2H3;/q-1;/t8-,9?,10?,12?;/m0./s1. The van der Waals surface area contributed by atoms with Crippen LogP contribution in [-0.2, 0) is 32.7 Å². The van der Waals surface area contributed by atoms with Gasteiger partial charge in [-0.1, -0.05) is 37.5 Å². The summed E-state index contributed by atoms with van der Waals surface area (Å²) in [6.07, 6.45) is 7.62. The first-order chi connectivity index (χ1) is 5.67. The molecule has 2 unspecified atom stereocenters. The molecule has 0 heterocycles. The second kappa shape index (κ2) is 3.30. The average Bonchev–Trinajstić information content (AvgIpc) is 1.98. The van der Waals surface area contributed by atoms with Crippen LogP contribution in [-0.4, -0.2) is 0 Å². The monoisotopic (exact) mass is 252 g/mol. The van der Waals surface area contributed by atoms with Crippen molar-refractivity contribution in [3.05, 3.63) is 5.92 Å². The molecule has 0 saturated heterocycles. The van der Waals surface area contributed by atoms with Gasteiger partial charge in [-0.05, 0) is 12.8 Å². The Kier molecular flexibility index (Phi) is 2.70. The third-order valence-corrected chi connectivity index (χ3v) is 4.94. The smallest absolute Gasteiger partial charge is 0 e. The topological polar surface area (TPSA) is 0 Å². The first-order valence-electron chi connectivity index (χ1n) is 5.52. The molecule has 0 aromatic heterocycles. The molecule has 4 rings (SSSR count). The second-order valence-electron chi connectivity index (χ2n) is 5.82. The molecule has 0 aliphatic heterocycles. The summed E-state index contributed by atoms with van der Waals surface area (Å²) in [5.41, 5.74) is 0.722. The van der Waals surface area contributed by atoms with Crippen LogP contribution >= 0.6 is 0 Å². The van der Waals surface area contributed by atoms with Crippen molar-refractivity contribution in [2.45, 2.75) is 46.0 Å². The molecular weight excluding hydrogens is 233 g/mol. The molecule has 0 aromatic carbocycles. The van der Waals surface area contributed by atoms with E-state index in [0.717, 1.165) is 23.2 Å². The molecule has 0 spiro atoms. The third kappa shape index (κ3) is 1.47. The molecule has 4 aliphatic carbocycles. The van der Waals surface area contributed by atoms with Crippen LogP contribution in [0.4, 0.5) is 0 Å². The molecule has 0 N–H and O–H groups in total. The predicted molar refractivity (Wildman–Crippen MR) is 50.6 cm³/mol. The van der Waals surface area contributed by atoms with E-state index in [0.29, 0.717) is 0 Å². The SMILES string of the molecule is C[C@H]1[C-]2CC3CC(C2)CC1(C)C3.[Y]. The molecule has 4 aliphatic rings. The van der Waals surface area contributed by atoms with Gasteiger partial charge in [-0.3, -0.25) is 0 Å². The molecule has 1 radical (unpaired) electrons. The molecular formula is C12H19Y-. The van der Waals surface area contributed by atoms with Crippen molar-refractivity contribution in [2.24, 2.45) is 23.2 Å². The van der Waals surface area contributed by atoms with Gasteiger partial charge in [0.1, 0.15) is 0 Å². The summed E-state index contributed by atoms with van der Waals surface area (Å²) < 4.78 is 0. The van der Waals surface area contributed by atoms with E-state index in [9.17, 15) is 0 Å². The minimum absolute atomic E-state index is 0. The number of hydrogen-bond acceptors (Lipinski definition) is 0. The number of rotatable bonds is 0. The van der Waals surface area contributed by atoms with Gasteiger partial charge in [0.25, 0.3) is 0 Å². The van der Waals surface area contributed by atoms with Gasteiger partial charge >= 0.3 is 0 Å². The summed E-state index contributed by atoms with van der Waals surface area (Å²) in [5, 5.41) is 0. The van der Waals surface area contributed by atoms with Gasteiger partial charge in [0, 0.05) is 32.7 Å². The molecule has 4 bridgehead atoms. The van der Waals surface area contributed by atoms with Crippen LogP contribution in [0.1, 0.15) is 46.0 Å². The summed E-state index contributed by atoms with van der Waals surface area (Å²) in [4.78, 5) is 0. The van der Waals surface area contributed by atoms with E-state index in [-0.39, 0.29) is 32.7 Å². The minimum Gasteiger partial charge on any atom is -0.310 e. The summed E-state index contributed by atoms with van der Waals surface area (Å²) in [6.45, 7) is 5.02. The zero-order valence-electron chi connectivity index (χ0n) is 8.84. The Morgan fingerprint density at radius 2 is 1.69 bits per heavy atom. The maximum atomic E-state index is 2.54. The maximum absolute atomic E-state index is 2.54. The van der Waals surface area contributed by atoms with Crippen LogP contribution in [0.5, 0.6) is 0 Å². The van der Waals surface area contributed by atoms with Gasteiger partial charge in [-0.2, -0.15) is 18.8 Å². The third-order valence-electron chi connectivity index (χ3n) is 4.94. The predicted octanol–water partition coefficient (Wildman–Crippen LogP) is 3.42. The Balaban J connectivity index is 0.000000653. The number of hydrogen-bond donors (Lipinski definition) is 0. The van der Waals surface area contributed by atoms with Crippen LogP contribution in [0, 0.1) is 29.1 Å². The van der Waals surface area contributed by atoms with Crippen molar-refractivity contribution in [1.29, 1.82) is 0 Å². The van der Waals surface area contributed by atoms with Gasteiger partial charge in [0.15, 0.2) is 0 Å². The van der Waals surface area contributed by atoms with Gasteiger partial charge in [0.05, 0.1) is 0 Å². The molecule has 71 valence electrons. The van der Waals surface area contributed by atoms with Crippen LogP contribution in [0.3, 0.4) is 0 Å². The molecule has 4 fully saturated rings. The first-order valence-corrected chi connectivity index (χ1v) is 5.52. The Hall–Kier alpha value is 1.10. The fourth-order valence-corrected chi connectivity index (χ4v) is 4.38. The molecule has 3 atom stereocenters. The Labute approximate surface area is 107 Å². The largest absolute Gasteiger partial charge is 0.310 e.